The van der Waals surface area contributed by atoms with E-state index in [2.05, 4.69) is 29.8 Å². The number of carbonyl (C=O) groups is 1. The molecule has 1 aromatic carbocycles. The number of methoxy groups -OCH3 is 2. The Kier molecular flexibility index (Phi) is 7.06. The van der Waals surface area contributed by atoms with Gasteiger partial charge >= 0.3 is 0 Å². The van der Waals surface area contributed by atoms with Crippen LogP contribution in [0.5, 0.6) is 11.5 Å². The van der Waals surface area contributed by atoms with Crippen LogP contribution >= 0.6 is 15.9 Å². The Bertz CT molecular complexity index is 451. The molecule has 4 heteroatoms. The maximum absolute atomic E-state index is 12.7. The van der Waals surface area contributed by atoms with Gasteiger partial charge < -0.3 is 9.47 Å². The molecular formula is C16H23BrO3. The third-order valence-corrected chi connectivity index (χ3v) is 4.04. The lowest BCUT2D eigenvalue weighted by Crippen LogP contribution is -2.15. The van der Waals surface area contributed by atoms with E-state index < -0.39 is 0 Å². The van der Waals surface area contributed by atoms with Crippen molar-refractivity contribution in [1.29, 1.82) is 0 Å². The molecule has 0 atom stereocenters. The van der Waals surface area contributed by atoms with Crippen LogP contribution in [-0.2, 0) is 0 Å². The summed E-state index contributed by atoms with van der Waals surface area (Å²) in [5.74, 6) is 1.48. The van der Waals surface area contributed by atoms with Gasteiger partial charge in [-0.3, -0.25) is 4.79 Å². The third-order valence-electron chi connectivity index (χ3n) is 3.38. The molecule has 1 rings (SSSR count). The highest BCUT2D eigenvalue weighted by molar-refractivity contribution is 9.10. The minimum Gasteiger partial charge on any atom is -0.493 e. The molecule has 1 aromatic rings. The van der Waals surface area contributed by atoms with Gasteiger partial charge in [0.15, 0.2) is 17.3 Å². The lowest BCUT2D eigenvalue weighted by Gasteiger charge is -2.17. The first kappa shape index (κ1) is 17.0. The average Bonchev–Trinajstić information content (AvgIpc) is 2.46. The van der Waals surface area contributed by atoms with Crippen LogP contribution in [0.2, 0.25) is 0 Å². The highest BCUT2D eigenvalue weighted by atomic mass is 79.9. The zero-order chi connectivity index (χ0) is 15.1. The van der Waals surface area contributed by atoms with Gasteiger partial charge in [0.25, 0.3) is 0 Å². The fourth-order valence-corrected chi connectivity index (χ4v) is 2.88. The van der Waals surface area contributed by atoms with Crippen molar-refractivity contribution in [2.45, 2.75) is 39.5 Å². The molecule has 0 unspecified atom stereocenters. The first-order chi connectivity index (χ1) is 9.58. The van der Waals surface area contributed by atoms with E-state index in [1.165, 1.54) is 0 Å². The summed E-state index contributed by atoms with van der Waals surface area (Å²) in [6.07, 6.45) is 3.88. The molecule has 0 aliphatic heterocycles. The van der Waals surface area contributed by atoms with E-state index in [-0.39, 0.29) is 11.7 Å². The van der Waals surface area contributed by atoms with Crippen LogP contribution in [-0.4, -0.2) is 20.0 Å². The molecule has 0 N–H and O–H groups in total. The molecule has 0 bridgehead atoms. The number of Topliss-reactive ketones (excluding diaryl/α,β-unsaturated/α-hetero) is 1. The number of halogens is 1. The molecule has 0 fully saturated rings. The predicted octanol–water partition coefficient (Wildman–Crippen LogP) is 4.87. The van der Waals surface area contributed by atoms with Gasteiger partial charge in [0.1, 0.15) is 0 Å². The van der Waals surface area contributed by atoms with Crippen LogP contribution in [0, 0.1) is 5.92 Å². The minimum absolute atomic E-state index is 0.0828. The highest BCUT2D eigenvalue weighted by Crippen LogP contribution is 2.35. The second-order valence-corrected chi connectivity index (χ2v) is 5.68. The van der Waals surface area contributed by atoms with E-state index in [0.29, 0.717) is 17.1 Å². The monoisotopic (exact) mass is 342 g/mol. The van der Waals surface area contributed by atoms with E-state index >= 15 is 0 Å². The normalized spacial score (nSPS) is 10.7. The van der Waals surface area contributed by atoms with Crippen molar-refractivity contribution in [3.8, 4) is 11.5 Å². The smallest absolute Gasteiger partial charge is 0.167 e. The topological polar surface area (TPSA) is 35.5 Å². The van der Waals surface area contributed by atoms with Crippen molar-refractivity contribution in [2.75, 3.05) is 14.2 Å². The molecular weight excluding hydrogens is 320 g/mol. The van der Waals surface area contributed by atoms with Gasteiger partial charge in [-0.2, -0.15) is 0 Å². The summed E-state index contributed by atoms with van der Waals surface area (Å²) in [5.41, 5.74) is 0.676. The van der Waals surface area contributed by atoms with Gasteiger partial charge in [0.2, 0.25) is 0 Å². The number of ether oxygens (including phenoxy) is 2. The Balaban J connectivity index is 3.13. The molecule has 0 saturated carbocycles. The number of rotatable bonds is 8. The Morgan fingerprint density at radius 1 is 1.10 bits per heavy atom. The fraction of sp³-hybridized carbons (Fsp3) is 0.562. The fourth-order valence-electron chi connectivity index (χ4n) is 2.37. The van der Waals surface area contributed by atoms with Crippen LogP contribution in [0.3, 0.4) is 0 Å². The SMILES string of the molecule is CCCC(CCC)C(=O)c1cc(OC)c(OC)cc1Br. The maximum atomic E-state index is 12.7. The standard InChI is InChI=1S/C16H23BrO3/c1-5-7-11(8-6-2)16(18)12-9-14(19-3)15(20-4)10-13(12)17/h9-11H,5-8H2,1-4H3. The molecule has 0 radical (unpaired) electrons. The largest absolute Gasteiger partial charge is 0.493 e. The summed E-state index contributed by atoms with van der Waals surface area (Å²) < 4.78 is 11.3. The summed E-state index contributed by atoms with van der Waals surface area (Å²) in [4.78, 5) is 12.7. The van der Waals surface area contributed by atoms with E-state index in [1.807, 2.05) is 0 Å². The number of ketones is 1. The summed E-state index contributed by atoms with van der Waals surface area (Å²) in [7, 11) is 3.17. The number of benzene rings is 1. The molecule has 0 aliphatic rings. The molecule has 0 amide bonds. The van der Waals surface area contributed by atoms with E-state index in [9.17, 15) is 4.79 Å². The summed E-state index contributed by atoms with van der Waals surface area (Å²) in [5, 5.41) is 0. The van der Waals surface area contributed by atoms with Crippen molar-refractivity contribution in [3.63, 3.8) is 0 Å². The lowest BCUT2D eigenvalue weighted by molar-refractivity contribution is 0.0903. The van der Waals surface area contributed by atoms with E-state index in [0.717, 1.165) is 30.2 Å². The van der Waals surface area contributed by atoms with Gasteiger partial charge in [-0.25, -0.2) is 0 Å². The minimum atomic E-state index is 0.0828. The van der Waals surface area contributed by atoms with E-state index in [1.54, 1.807) is 26.4 Å². The van der Waals surface area contributed by atoms with Gasteiger partial charge in [-0.05, 0) is 40.9 Å². The third kappa shape index (κ3) is 3.98. The van der Waals surface area contributed by atoms with Gasteiger partial charge in [0.05, 0.1) is 14.2 Å². The zero-order valence-corrected chi connectivity index (χ0v) is 14.2. The van der Waals surface area contributed by atoms with Crippen LogP contribution < -0.4 is 9.47 Å². The molecule has 0 spiro atoms. The Hall–Kier alpha value is -1.03. The maximum Gasteiger partial charge on any atom is 0.167 e. The number of carbonyl (C=O) groups excluding carboxylic acids is 1. The first-order valence-electron chi connectivity index (χ1n) is 7.04. The Labute approximate surface area is 129 Å². The van der Waals surface area contributed by atoms with Crippen LogP contribution in [0.1, 0.15) is 49.9 Å². The van der Waals surface area contributed by atoms with Crippen LogP contribution in [0.4, 0.5) is 0 Å². The van der Waals surface area contributed by atoms with Crippen molar-refractivity contribution in [3.05, 3.63) is 22.2 Å². The summed E-state index contributed by atoms with van der Waals surface area (Å²) >= 11 is 3.47. The number of hydrogen-bond acceptors (Lipinski definition) is 3. The van der Waals surface area contributed by atoms with Crippen LogP contribution in [0.25, 0.3) is 0 Å². The lowest BCUT2D eigenvalue weighted by atomic mass is 9.89. The van der Waals surface area contributed by atoms with Crippen molar-refractivity contribution < 1.29 is 14.3 Å². The van der Waals surface area contributed by atoms with Crippen molar-refractivity contribution in [1.82, 2.24) is 0 Å². The van der Waals surface area contributed by atoms with Crippen molar-refractivity contribution in [2.24, 2.45) is 5.92 Å². The van der Waals surface area contributed by atoms with Crippen molar-refractivity contribution >= 4 is 21.7 Å². The quantitative estimate of drug-likeness (QED) is 0.632. The van der Waals surface area contributed by atoms with Gasteiger partial charge in [-0.1, -0.05) is 26.7 Å². The average molecular weight is 343 g/mol. The van der Waals surface area contributed by atoms with Gasteiger partial charge in [0, 0.05) is 16.0 Å². The summed E-state index contributed by atoms with van der Waals surface area (Å²) in [6.45, 7) is 4.22. The molecule has 0 heterocycles. The molecule has 20 heavy (non-hydrogen) atoms. The molecule has 3 nitrogen and oxygen atoms in total. The molecule has 0 saturated heterocycles. The second-order valence-electron chi connectivity index (χ2n) is 4.83. The van der Waals surface area contributed by atoms with Crippen LogP contribution in [0.15, 0.2) is 16.6 Å². The molecule has 112 valence electrons. The predicted molar refractivity (Wildman–Crippen MR) is 84.9 cm³/mol. The highest BCUT2D eigenvalue weighted by Gasteiger charge is 2.22. The zero-order valence-electron chi connectivity index (χ0n) is 12.7. The number of hydrogen-bond donors (Lipinski definition) is 0. The Morgan fingerprint density at radius 2 is 1.60 bits per heavy atom. The molecule has 0 aromatic heterocycles. The van der Waals surface area contributed by atoms with Gasteiger partial charge in [-0.15, -0.1) is 0 Å². The summed E-state index contributed by atoms with van der Waals surface area (Å²) in [6, 6.07) is 3.56. The first-order valence-corrected chi connectivity index (χ1v) is 7.83. The Morgan fingerprint density at radius 3 is 2.05 bits per heavy atom. The van der Waals surface area contributed by atoms with E-state index in [4.69, 9.17) is 9.47 Å². The second kappa shape index (κ2) is 8.30. The molecule has 0 aliphatic carbocycles.